The molecule has 0 spiro atoms. The van der Waals surface area contributed by atoms with Gasteiger partial charge in [-0.2, -0.15) is 0 Å². The van der Waals surface area contributed by atoms with Crippen LogP contribution in [0.4, 0.5) is 4.79 Å². The molecule has 0 bridgehead atoms. The zero-order valence-electron chi connectivity index (χ0n) is 2.55. The normalized spacial score (nSPS) is 8.17. The molecule has 36 valence electrons. The highest BCUT2D eigenvalue weighted by Crippen LogP contribution is 2.24. The SMILES string of the molecule is O=C(O)SSCl. The summed E-state index contributed by atoms with van der Waals surface area (Å²) in [5, 5.41) is 6.81. The number of halogens is 1. The molecule has 0 aromatic heterocycles. The summed E-state index contributed by atoms with van der Waals surface area (Å²) >= 11 is 0. The molecule has 6 heavy (non-hydrogen) atoms. The molecule has 0 aliphatic rings. The van der Waals surface area contributed by atoms with Gasteiger partial charge in [-0.15, -0.1) is 0 Å². The minimum Gasteiger partial charge on any atom is -0.472 e. The fourth-order valence-corrected chi connectivity index (χ4v) is 0.728. The molecule has 1 N–H and O–H groups in total. The number of hydrogen-bond acceptors (Lipinski definition) is 3. The van der Waals surface area contributed by atoms with Gasteiger partial charge in [0, 0.05) is 20.8 Å². The molecule has 0 heterocycles. The van der Waals surface area contributed by atoms with Crippen LogP contribution in [-0.2, 0) is 0 Å². The number of carbonyl (C=O) groups is 1. The van der Waals surface area contributed by atoms with Crippen LogP contribution in [-0.4, -0.2) is 10.4 Å². The van der Waals surface area contributed by atoms with Crippen LogP contribution < -0.4 is 0 Å². The summed E-state index contributed by atoms with van der Waals surface area (Å²) in [6.45, 7) is 0. The molecule has 0 aliphatic heterocycles. The summed E-state index contributed by atoms with van der Waals surface area (Å²) in [4.78, 5) is 9.46. The van der Waals surface area contributed by atoms with E-state index in [2.05, 4.69) is 0 Å². The Morgan fingerprint density at radius 3 is 2.33 bits per heavy atom. The molecule has 0 saturated carbocycles. The third-order valence-electron chi connectivity index (χ3n) is 0.103. The minimum atomic E-state index is -0.963. The average molecular weight is 145 g/mol. The van der Waals surface area contributed by atoms with Crippen LogP contribution in [0.3, 0.4) is 0 Å². The van der Waals surface area contributed by atoms with E-state index in [1.54, 1.807) is 0 Å². The van der Waals surface area contributed by atoms with Crippen LogP contribution in [0.5, 0.6) is 0 Å². The molecule has 0 aliphatic carbocycles. The summed E-state index contributed by atoms with van der Waals surface area (Å²) in [5.74, 6) is 0. The second kappa shape index (κ2) is 3.64. The Bertz CT molecular complexity index is 55.5. The quantitative estimate of drug-likeness (QED) is 0.573. The molecule has 0 saturated heterocycles. The molecule has 0 radical (unpaired) electrons. The third kappa shape index (κ3) is 4.46. The van der Waals surface area contributed by atoms with Crippen molar-refractivity contribution in [3.05, 3.63) is 0 Å². The lowest BCUT2D eigenvalue weighted by Gasteiger charge is -1.76. The molecule has 0 unspecified atom stereocenters. The van der Waals surface area contributed by atoms with E-state index in [-0.39, 0.29) is 0 Å². The van der Waals surface area contributed by atoms with E-state index < -0.39 is 5.30 Å². The van der Waals surface area contributed by atoms with Gasteiger partial charge in [-0.3, -0.25) is 0 Å². The molecule has 0 rings (SSSR count). The van der Waals surface area contributed by atoms with Gasteiger partial charge in [-0.05, 0) is 10.7 Å². The third-order valence-corrected chi connectivity index (χ3v) is 1.49. The molecule has 0 fully saturated rings. The average Bonchev–Trinajstić information content (AvgIpc) is 1.35. The second-order valence-corrected chi connectivity index (χ2v) is 3.07. The Kier molecular flexibility index (Phi) is 3.92. The summed E-state index contributed by atoms with van der Waals surface area (Å²) in [5.41, 5.74) is 0. The smallest absolute Gasteiger partial charge is 0.376 e. The first-order valence-electron chi connectivity index (χ1n) is 0.953. The van der Waals surface area contributed by atoms with Crippen molar-refractivity contribution in [2.45, 2.75) is 0 Å². The van der Waals surface area contributed by atoms with E-state index in [9.17, 15) is 4.79 Å². The van der Waals surface area contributed by atoms with Crippen LogP contribution in [0.1, 0.15) is 0 Å². The highest BCUT2D eigenvalue weighted by molar-refractivity contribution is 8.89. The fraction of sp³-hybridized carbons (Fsp3) is 0. The molecular weight excluding hydrogens is 144 g/mol. The zero-order valence-corrected chi connectivity index (χ0v) is 4.94. The van der Waals surface area contributed by atoms with Gasteiger partial charge in [0.25, 0.3) is 0 Å². The van der Waals surface area contributed by atoms with E-state index in [0.717, 1.165) is 0 Å². The standard InChI is InChI=1S/CHClO2S2/c2-6-5-1(3)4/h(H,3,4). The summed E-state index contributed by atoms with van der Waals surface area (Å²) < 4.78 is 0. The number of carboxylic acid groups (broad SMARTS) is 1. The minimum absolute atomic E-state index is 0.585. The highest BCUT2D eigenvalue weighted by Gasteiger charge is 1.91. The molecular formula is CHClO2S2. The predicted molar refractivity (Wildman–Crippen MR) is 29.1 cm³/mol. The lowest BCUT2D eigenvalue weighted by Crippen LogP contribution is -1.73. The Balaban J connectivity index is 2.83. The maximum atomic E-state index is 9.46. The summed E-state index contributed by atoms with van der Waals surface area (Å²) in [6, 6.07) is 0. The van der Waals surface area contributed by atoms with Crippen LogP contribution in [0.2, 0.25) is 0 Å². The lowest BCUT2D eigenvalue weighted by molar-refractivity contribution is 0.222. The van der Waals surface area contributed by atoms with E-state index in [4.69, 9.17) is 15.8 Å². The molecule has 0 atom stereocenters. The van der Waals surface area contributed by atoms with Gasteiger partial charge < -0.3 is 5.11 Å². The van der Waals surface area contributed by atoms with Crippen LogP contribution in [0.25, 0.3) is 0 Å². The van der Waals surface area contributed by atoms with E-state index in [0.29, 0.717) is 20.8 Å². The molecule has 0 aromatic rings. The maximum Gasteiger partial charge on any atom is 0.376 e. The van der Waals surface area contributed by atoms with Crippen molar-refractivity contribution < 1.29 is 9.90 Å². The Morgan fingerprint density at radius 2 is 2.33 bits per heavy atom. The van der Waals surface area contributed by atoms with Crippen LogP contribution in [0.15, 0.2) is 0 Å². The van der Waals surface area contributed by atoms with Crippen molar-refractivity contribution in [1.82, 2.24) is 0 Å². The monoisotopic (exact) mass is 144 g/mol. The van der Waals surface area contributed by atoms with Crippen LogP contribution >= 0.6 is 31.5 Å². The Labute approximate surface area is 47.1 Å². The molecule has 2 nitrogen and oxygen atoms in total. The van der Waals surface area contributed by atoms with Gasteiger partial charge >= 0.3 is 5.30 Å². The van der Waals surface area contributed by atoms with Crippen molar-refractivity contribution in [2.24, 2.45) is 0 Å². The van der Waals surface area contributed by atoms with Gasteiger partial charge in [0.05, 0.1) is 0 Å². The first-order chi connectivity index (χ1) is 2.77. The van der Waals surface area contributed by atoms with Gasteiger partial charge in [0.15, 0.2) is 0 Å². The van der Waals surface area contributed by atoms with Gasteiger partial charge in [-0.25, -0.2) is 4.79 Å². The van der Waals surface area contributed by atoms with Crippen molar-refractivity contribution in [1.29, 1.82) is 0 Å². The largest absolute Gasteiger partial charge is 0.472 e. The lowest BCUT2D eigenvalue weighted by atomic mass is 11.6. The van der Waals surface area contributed by atoms with Gasteiger partial charge in [-0.1, -0.05) is 0 Å². The first kappa shape index (κ1) is 6.46. The maximum absolute atomic E-state index is 9.46. The van der Waals surface area contributed by atoms with Crippen LogP contribution in [0, 0.1) is 0 Å². The van der Waals surface area contributed by atoms with Crippen molar-refractivity contribution in [2.75, 3.05) is 0 Å². The van der Waals surface area contributed by atoms with Gasteiger partial charge in [0.2, 0.25) is 0 Å². The molecule has 0 amide bonds. The van der Waals surface area contributed by atoms with E-state index in [1.807, 2.05) is 0 Å². The van der Waals surface area contributed by atoms with Crippen molar-refractivity contribution in [3.8, 4) is 0 Å². The molecule has 0 aromatic carbocycles. The second-order valence-electron chi connectivity index (χ2n) is 0.412. The Morgan fingerprint density at radius 1 is 1.83 bits per heavy atom. The van der Waals surface area contributed by atoms with Crippen molar-refractivity contribution >= 4 is 36.8 Å². The predicted octanol–water partition coefficient (Wildman–Crippen LogP) is 2.20. The highest BCUT2D eigenvalue weighted by atomic mass is 35.7. The summed E-state index contributed by atoms with van der Waals surface area (Å²) in [7, 11) is 6.18. The fourth-order valence-electron chi connectivity index (χ4n) is 0.0269. The van der Waals surface area contributed by atoms with E-state index >= 15 is 0 Å². The zero-order chi connectivity index (χ0) is 4.99. The topological polar surface area (TPSA) is 37.3 Å². The number of rotatable bonds is 1. The number of hydrogen-bond donors (Lipinski definition) is 1. The Hall–Kier alpha value is 0.460. The van der Waals surface area contributed by atoms with E-state index in [1.165, 1.54) is 0 Å². The molecule has 5 heteroatoms. The van der Waals surface area contributed by atoms with Crippen molar-refractivity contribution in [3.63, 3.8) is 0 Å². The summed E-state index contributed by atoms with van der Waals surface area (Å²) in [6.07, 6.45) is 0. The van der Waals surface area contributed by atoms with Gasteiger partial charge in [0.1, 0.15) is 0 Å². The first-order valence-corrected chi connectivity index (χ1v) is 3.93.